The predicted molar refractivity (Wildman–Crippen MR) is 128 cm³/mol. The van der Waals surface area contributed by atoms with Gasteiger partial charge < -0.3 is 4.57 Å². The molecule has 4 nitrogen and oxygen atoms in total. The molecule has 0 aliphatic heterocycles. The van der Waals surface area contributed by atoms with Gasteiger partial charge in [-0.05, 0) is 89.9 Å². The van der Waals surface area contributed by atoms with E-state index in [-0.39, 0.29) is 11.3 Å². The molecule has 0 aliphatic carbocycles. The van der Waals surface area contributed by atoms with E-state index in [1.54, 1.807) is 6.21 Å². The van der Waals surface area contributed by atoms with Crippen LogP contribution in [0.15, 0.2) is 59.7 Å². The maximum absolute atomic E-state index is 12.4. The van der Waals surface area contributed by atoms with Gasteiger partial charge in [0.15, 0.2) is 0 Å². The molecule has 29 heavy (non-hydrogen) atoms. The second-order valence-electron chi connectivity index (χ2n) is 8.16. The molecule has 0 aliphatic rings. The molecule has 1 aromatic heterocycles. The van der Waals surface area contributed by atoms with Crippen LogP contribution in [-0.4, -0.2) is 16.7 Å². The fraction of sp³-hybridized carbons (Fsp3) is 0.250. The van der Waals surface area contributed by atoms with Crippen molar-refractivity contribution >= 4 is 34.7 Å². The number of aryl methyl sites for hydroxylation is 1. The largest absolute Gasteiger partial charge is 0.318 e. The second kappa shape index (κ2) is 8.53. The Kier molecular flexibility index (Phi) is 6.27. The van der Waals surface area contributed by atoms with Crippen molar-refractivity contribution < 1.29 is 4.79 Å². The maximum atomic E-state index is 12.4. The summed E-state index contributed by atoms with van der Waals surface area (Å²) in [6, 6.07) is 18.1. The number of benzene rings is 2. The number of hydrogen-bond donors (Lipinski definition) is 1. The Morgan fingerprint density at radius 1 is 1.03 bits per heavy atom. The first-order valence-corrected chi connectivity index (χ1v) is 10.6. The van der Waals surface area contributed by atoms with Crippen LogP contribution in [0.2, 0.25) is 0 Å². The van der Waals surface area contributed by atoms with Crippen LogP contribution >= 0.6 is 22.6 Å². The van der Waals surface area contributed by atoms with Crippen molar-refractivity contribution in [2.45, 2.75) is 40.0 Å². The second-order valence-corrected chi connectivity index (χ2v) is 9.41. The van der Waals surface area contributed by atoms with Crippen LogP contribution in [0.3, 0.4) is 0 Å². The lowest BCUT2D eigenvalue weighted by Crippen LogP contribution is -2.18. The van der Waals surface area contributed by atoms with Gasteiger partial charge in [0.25, 0.3) is 5.91 Å². The van der Waals surface area contributed by atoms with E-state index >= 15 is 0 Å². The summed E-state index contributed by atoms with van der Waals surface area (Å²) in [6.45, 7) is 10.6. The molecular formula is C24H26IN3O. The van der Waals surface area contributed by atoms with Crippen molar-refractivity contribution in [3.05, 3.63) is 86.2 Å². The fourth-order valence-electron chi connectivity index (χ4n) is 3.25. The van der Waals surface area contributed by atoms with Gasteiger partial charge >= 0.3 is 0 Å². The Morgan fingerprint density at radius 2 is 1.66 bits per heavy atom. The zero-order chi connectivity index (χ0) is 21.2. The standard InChI is InChI=1S/C24H26IN3O/c1-16-14-19(17(2)28(16)22-12-10-21(25)11-13-22)15-26-27-23(29)18-6-8-20(9-7-18)24(3,4)5/h6-15H,1-5H3,(H,27,29)/b26-15-. The first-order valence-electron chi connectivity index (χ1n) is 9.55. The Balaban J connectivity index is 1.73. The SMILES string of the molecule is Cc1cc(/C=N\NC(=O)c2ccc(C(C)(C)C)cc2)c(C)n1-c1ccc(I)cc1. The third-order valence-corrected chi connectivity index (χ3v) is 5.66. The molecule has 0 spiro atoms. The van der Waals surface area contributed by atoms with Gasteiger partial charge in [0.1, 0.15) is 0 Å². The number of halogens is 1. The molecule has 3 aromatic rings. The number of nitrogens with zero attached hydrogens (tertiary/aromatic N) is 2. The first kappa shape index (κ1) is 21.3. The minimum absolute atomic E-state index is 0.0622. The molecule has 1 amide bonds. The van der Waals surface area contributed by atoms with Gasteiger partial charge in [-0.3, -0.25) is 4.79 Å². The van der Waals surface area contributed by atoms with E-state index in [4.69, 9.17) is 0 Å². The van der Waals surface area contributed by atoms with Gasteiger partial charge in [-0.15, -0.1) is 0 Å². The van der Waals surface area contributed by atoms with Crippen molar-refractivity contribution in [3.8, 4) is 5.69 Å². The average Bonchev–Trinajstić information content (AvgIpc) is 2.95. The summed E-state index contributed by atoms with van der Waals surface area (Å²) < 4.78 is 3.39. The van der Waals surface area contributed by atoms with E-state index in [1.807, 2.05) is 24.3 Å². The minimum Gasteiger partial charge on any atom is -0.318 e. The van der Waals surface area contributed by atoms with Gasteiger partial charge in [0, 0.05) is 31.8 Å². The Bertz CT molecular complexity index is 1040. The summed E-state index contributed by atoms with van der Waals surface area (Å²) in [5, 5.41) is 4.17. The summed E-state index contributed by atoms with van der Waals surface area (Å²) in [6.07, 6.45) is 1.70. The molecule has 0 saturated carbocycles. The Hall–Kier alpha value is -2.41. The molecule has 0 unspecified atom stereocenters. The zero-order valence-corrected chi connectivity index (χ0v) is 19.6. The van der Waals surface area contributed by atoms with Crippen molar-refractivity contribution in [1.29, 1.82) is 0 Å². The van der Waals surface area contributed by atoms with Crippen LogP contribution in [-0.2, 0) is 5.41 Å². The van der Waals surface area contributed by atoms with Crippen molar-refractivity contribution in [2.24, 2.45) is 5.10 Å². The lowest BCUT2D eigenvalue weighted by molar-refractivity contribution is 0.0955. The number of hydrazone groups is 1. The summed E-state index contributed by atoms with van der Waals surface area (Å²) in [5.41, 5.74) is 8.77. The summed E-state index contributed by atoms with van der Waals surface area (Å²) in [4.78, 5) is 12.4. The van der Waals surface area contributed by atoms with Crippen LogP contribution < -0.4 is 5.43 Å². The predicted octanol–water partition coefficient (Wildman–Crippen LogP) is 5.76. The van der Waals surface area contributed by atoms with E-state index in [0.717, 1.165) is 22.6 Å². The van der Waals surface area contributed by atoms with Gasteiger partial charge in [-0.25, -0.2) is 5.43 Å². The average molecular weight is 499 g/mol. The molecule has 1 N–H and O–H groups in total. The van der Waals surface area contributed by atoms with E-state index in [0.29, 0.717) is 5.56 Å². The fourth-order valence-corrected chi connectivity index (χ4v) is 3.61. The highest BCUT2D eigenvalue weighted by Gasteiger charge is 2.14. The smallest absolute Gasteiger partial charge is 0.271 e. The third kappa shape index (κ3) is 4.96. The van der Waals surface area contributed by atoms with Crippen LogP contribution in [0, 0.1) is 17.4 Å². The molecule has 0 fully saturated rings. The Labute approximate surface area is 186 Å². The van der Waals surface area contributed by atoms with Crippen LogP contribution in [0.25, 0.3) is 5.69 Å². The number of amides is 1. The van der Waals surface area contributed by atoms with E-state index in [1.165, 1.54) is 9.13 Å². The minimum atomic E-state index is -0.215. The van der Waals surface area contributed by atoms with Gasteiger partial charge in [0.2, 0.25) is 0 Å². The highest BCUT2D eigenvalue weighted by molar-refractivity contribution is 14.1. The zero-order valence-electron chi connectivity index (χ0n) is 17.5. The lowest BCUT2D eigenvalue weighted by atomic mass is 9.87. The van der Waals surface area contributed by atoms with Crippen LogP contribution in [0.1, 0.15) is 53.6 Å². The monoisotopic (exact) mass is 499 g/mol. The normalized spacial score (nSPS) is 11.8. The highest BCUT2D eigenvalue weighted by Crippen LogP contribution is 2.22. The van der Waals surface area contributed by atoms with Crippen molar-refractivity contribution in [2.75, 3.05) is 0 Å². The van der Waals surface area contributed by atoms with E-state index in [2.05, 4.69) is 103 Å². The van der Waals surface area contributed by atoms with Gasteiger partial charge in [0.05, 0.1) is 6.21 Å². The van der Waals surface area contributed by atoms with Crippen molar-refractivity contribution in [1.82, 2.24) is 9.99 Å². The van der Waals surface area contributed by atoms with Gasteiger partial charge in [-0.1, -0.05) is 32.9 Å². The molecule has 1 heterocycles. The molecule has 0 bridgehead atoms. The summed E-state index contributed by atoms with van der Waals surface area (Å²) in [7, 11) is 0. The summed E-state index contributed by atoms with van der Waals surface area (Å²) >= 11 is 2.30. The lowest BCUT2D eigenvalue weighted by Gasteiger charge is -2.18. The number of nitrogens with one attached hydrogen (secondary N) is 1. The highest BCUT2D eigenvalue weighted by atomic mass is 127. The van der Waals surface area contributed by atoms with Crippen molar-refractivity contribution in [3.63, 3.8) is 0 Å². The maximum Gasteiger partial charge on any atom is 0.271 e. The van der Waals surface area contributed by atoms with E-state index < -0.39 is 0 Å². The molecule has 0 atom stereocenters. The number of rotatable bonds is 4. The number of aromatic nitrogens is 1. The molecular weight excluding hydrogens is 473 g/mol. The van der Waals surface area contributed by atoms with Gasteiger partial charge in [-0.2, -0.15) is 5.10 Å². The molecule has 0 saturated heterocycles. The molecule has 0 radical (unpaired) electrons. The first-order chi connectivity index (χ1) is 13.7. The topological polar surface area (TPSA) is 46.4 Å². The molecule has 5 heteroatoms. The van der Waals surface area contributed by atoms with Crippen LogP contribution in [0.5, 0.6) is 0 Å². The molecule has 3 rings (SSSR count). The number of carbonyl (C=O) groups excluding carboxylic acids is 1. The number of hydrogen-bond acceptors (Lipinski definition) is 2. The third-order valence-electron chi connectivity index (χ3n) is 4.94. The molecule has 2 aromatic carbocycles. The number of carbonyl (C=O) groups is 1. The summed E-state index contributed by atoms with van der Waals surface area (Å²) in [5.74, 6) is -0.215. The molecule has 150 valence electrons. The quantitative estimate of drug-likeness (QED) is 0.277. The van der Waals surface area contributed by atoms with Crippen LogP contribution in [0.4, 0.5) is 0 Å². The Morgan fingerprint density at radius 3 is 2.24 bits per heavy atom. The van der Waals surface area contributed by atoms with E-state index in [9.17, 15) is 4.79 Å².